The fraction of sp³-hybridized carbons (Fsp3) is 0.0400. The molecule has 3 aromatic rings. The van der Waals surface area contributed by atoms with Crippen LogP contribution in [0, 0.1) is 0 Å². The Kier molecular flexibility index (Phi) is 6.42. The first-order valence-corrected chi connectivity index (χ1v) is 10.4. The molecule has 1 fully saturated rings. The van der Waals surface area contributed by atoms with Crippen molar-refractivity contribution in [1.82, 2.24) is 5.32 Å². The van der Waals surface area contributed by atoms with E-state index in [2.05, 4.69) is 5.32 Å². The number of para-hydroxylation sites is 1. The highest BCUT2D eigenvalue weighted by molar-refractivity contribution is 6.39. The molecule has 3 aromatic carbocycles. The molecule has 2 N–H and O–H groups in total. The summed E-state index contributed by atoms with van der Waals surface area (Å²) >= 11 is 5.89. The summed E-state index contributed by atoms with van der Waals surface area (Å²) in [6.07, 6.45) is 1.34. The molecule has 0 spiro atoms. The Bertz CT molecular complexity index is 1330. The molecule has 34 heavy (non-hydrogen) atoms. The zero-order valence-electron chi connectivity index (χ0n) is 17.5. The third-order valence-corrected chi connectivity index (χ3v) is 5.23. The lowest BCUT2D eigenvalue weighted by molar-refractivity contribution is -0.122. The number of barbiturate groups is 1. The number of halogens is 1. The molecule has 1 heterocycles. The number of hydrogen-bond acceptors (Lipinski definition) is 5. The smallest absolute Gasteiger partial charge is 0.335 e. The Hall–Kier alpha value is -4.43. The largest absolute Gasteiger partial charge is 0.488 e. The maximum atomic E-state index is 13.1. The summed E-state index contributed by atoms with van der Waals surface area (Å²) in [4.78, 5) is 49.9. The minimum atomic E-state index is -1.05. The van der Waals surface area contributed by atoms with E-state index < -0.39 is 23.8 Å². The highest BCUT2D eigenvalue weighted by Gasteiger charge is 2.36. The number of imide groups is 2. The van der Waals surface area contributed by atoms with Crippen LogP contribution in [-0.4, -0.2) is 28.9 Å². The van der Waals surface area contributed by atoms with Crippen molar-refractivity contribution in [3.63, 3.8) is 0 Å². The molecule has 8 nitrogen and oxygen atoms in total. The second kappa shape index (κ2) is 9.60. The van der Waals surface area contributed by atoms with Gasteiger partial charge < -0.3 is 9.84 Å². The van der Waals surface area contributed by atoms with E-state index in [0.717, 1.165) is 4.90 Å². The van der Waals surface area contributed by atoms with Crippen LogP contribution in [0.15, 0.2) is 78.4 Å². The number of rotatable bonds is 6. The average molecular weight is 477 g/mol. The second-order valence-corrected chi connectivity index (χ2v) is 7.70. The number of nitrogens with zero attached hydrogens (tertiary/aromatic N) is 1. The standard InChI is InChI=1S/C25H17ClN2O6/c26-18-8-10-19(11-9-18)28-23(30)20(22(29)27-25(28)33)13-16-5-1-2-7-21(16)34-14-15-4-3-6-17(12-15)24(31)32/h1-13H,14H2,(H,31,32)(H,27,29,33). The Morgan fingerprint density at radius 1 is 1.00 bits per heavy atom. The number of urea groups is 1. The van der Waals surface area contributed by atoms with E-state index in [9.17, 15) is 19.2 Å². The lowest BCUT2D eigenvalue weighted by Gasteiger charge is -2.26. The molecule has 1 aliphatic rings. The zero-order chi connectivity index (χ0) is 24.2. The van der Waals surface area contributed by atoms with Gasteiger partial charge in [-0.1, -0.05) is 41.9 Å². The van der Waals surface area contributed by atoms with Crippen LogP contribution in [0.5, 0.6) is 5.75 Å². The summed E-state index contributed by atoms with van der Waals surface area (Å²) in [5.41, 5.74) is 1.20. The predicted octanol–water partition coefficient (Wildman–Crippen LogP) is 4.28. The number of hydrogen-bond donors (Lipinski definition) is 2. The fourth-order valence-electron chi connectivity index (χ4n) is 3.32. The van der Waals surface area contributed by atoms with Gasteiger partial charge in [-0.3, -0.25) is 14.9 Å². The van der Waals surface area contributed by atoms with Gasteiger partial charge in [-0.05, 0) is 54.1 Å². The maximum Gasteiger partial charge on any atom is 0.335 e. The maximum absolute atomic E-state index is 13.1. The monoisotopic (exact) mass is 476 g/mol. The van der Waals surface area contributed by atoms with E-state index in [0.29, 0.717) is 21.9 Å². The first kappa shape index (κ1) is 22.8. The Morgan fingerprint density at radius 3 is 2.47 bits per heavy atom. The molecule has 0 unspecified atom stereocenters. The lowest BCUT2D eigenvalue weighted by Crippen LogP contribution is -2.54. The molecule has 4 rings (SSSR count). The van der Waals surface area contributed by atoms with Gasteiger partial charge in [0.1, 0.15) is 17.9 Å². The molecular weight excluding hydrogens is 460 g/mol. The topological polar surface area (TPSA) is 113 Å². The number of carbonyl (C=O) groups excluding carboxylic acids is 3. The molecule has 4 amide bonds. The van der Waals surface area contributed by atoms with Gasteiger partial charge in [-0.15, -0.1) is 0 Å². The number of carboxylic acids is 1. The zero-order valence-corrected chi connectivity index (χ0v) is 18.3. The van der Waals surface area contributed by atoms with Crippen molar-refractivity contribution in [3.8, 4) is 5.75 Å². The first-order chi connectivity index (χ1) is 16.3. The molecule has 0 atom stereocenters. The van der Waals surface area contributed by atoms with E-state index in [1.165, 1.54) is 42.5 Å². The number of carboxylic acid groups (broad SMARTS) is 1. The van der Waals surface area contributed by atoms with E-state index in [1.54, 1.807) is 36.4 Å². The van der Waals surface area contributed by atoms with Crippen molar-refractivity contribution in [2.75, 3.05) is 4.90 Å². The number of ether oxygens (including phenoxy) is 1. The third-order valence-electron chi connectivity index (χ3n) is 4.97. The number of anilines is 1. The van der Waals surface area contributed by atoms with Gasteiger partial charge >= 0.3 is 12.0 Å². The molecule has 9 heteroatoms. The van der Waals surface area contributed by atoms with Crippen LogP contribution in [-0.2, 0) is 16.2 Å². The summed E-state index contributed by atoms with van der Waals surface area (Å²) in [6.45, 7) is 0.0663. The molecular formula is C25H17ClN2O6. The Labute approximate surface area is 199 Å². The van der Waals surface area contributed by atoms with Gasteiger partial charge in [0.25, 0.3) is 11.8 Å². The Balaban J connectivity index is 1.62. The van der Waals surface area contributed by atoms with Crippen LogP contribution >= 0.6 is 11.6 Å². The predicted molar refractivity (Wildman–Crippen MR) is 125 cm³/mol. The van der Waals surface area contributed by atoms with Crippen LogP contribution in [0.4, 0.5) is 10.5 Å². The van der Waals surface area contributed by atoms with Gasteiger partial charge in [-0.2, -0.15) is 0 Å². The Morgan fingerprint density at radius 2 is 1.74 bits per heavy atom. The molecule has 0 saturated carbocycles. The summed E-state index contributed by atoms with van der Waals surface area (Å²) in [6, 6.07) is 18.2. The number of benzene rings is 3. The van der Waals surface area contributed by atoms with Crippen molar-refractivity contribution in [2.45, 2.75) is 6.61 Å². The van der Waals surface area contributed by atoms with Gasteiger partial charge in [-0.25, -0.2) is 14.5 Å². The number of aromatic carboxylic acids is 1. The van der Waals surface area contributed by atoms with Crippen LogP contribution in [0.25, 0.3) is 6.08 Å². The molecule has 170 valence electrons. The van der Waals surface area contributed by atoms with E-state index in [4.69, 9.17) is 21.4 Å². The molecule has 1 saturated heterocycles. The van der Waals surface area contributed by atoms with Crippen LogP contribution < -0.4 is 15.0 Å². The molecule has 0 bridgehead atoms. The molecule has 0 aromatic heterocycles. The molecule has 1 aliphatic heterocycles. The van der Waals surface area contributed by atoms with Gasteiger partial charge in [0.05, 0.1) is 11.3 Å². The van der Waals surface area contributed by atoms with Crippen molar-refractivity contribution in [1.29, 1.82) is 0 Å². The van der Waals surface area contributed by atoms with E-state index in [1.807, 2.05) is 0 Å². The number of nitrogens with one attached hydrogen (secondary N) is 1. The quantitative estimate of drug-likeness (QED) is 0.405. The van der Waals surface area contributed by atoms with Crippen LogP contribution in [0.2, 0.25) is 5.02 Å². The van der Waals surface area contributed by atoms with Crippen LogP contribution in [0.3, 0.4) is 0 Å². The normalized spacial score (nSPS) is 14.8. The highest BCUT2D eigenvalue weighted by Crippen LogP contribution is 2.27. The van der Waals surface area contributed by atoms with Gasteiger partial charge in [0, 0.05) is 10.6 Å². The first-order valence-electron chi connectivity index (χ1n) is 10.0. The van der Waals surface area contributed by atoms with Gasteiger partial charge in [0.2, 0.25) is 0 Å². The summed E-state index contributed by atoms with van der Waals surface area (Å²) < 4.78 is 5.84. The summed E-state index contributed by atoms with van der Waals surface area (Å²) in [5.74, 6) is -2.30. The average Bonchev–Trinajstić information content (AvgIpc) is 2.82. The summed E-state index contributed by atoms with van der Waals surface area (Å²) in [7, 11) is 0. The minimum absolute atomic E-state index is 0.0663. The summed E-state index contributed by atoms with van der Waals surface area (Å²) in [5, 5.41) is 11.8. The lowest BCUT2D eigenvalue weighted by atomic mass is 10.1. The SMILES string of the molecule is O=C1NC(=O)N(c2ccc(Cl)cc2)C(=O)C1=Cc1ccccc1OCc1cccc(C(=O)O)c1. The van der Waals surface area contributed by atoms with E-state index >= 15 is 0 Å². The third kappa shape index (κ3) is 4.82. The highest BCUT2D eigenvalue weighted by atomic mass is 35.5. The molecule has 0 radical (unpaired) electrons. The van der Waals surface area contributed by atoms with Crippen molar-refractivity contribution in [2.24, 2.45) is 0 Å². The van der Waals surface area contributed by atoms with E-state index in [-0.39, 0.29) is 23.4 Å². The molecule has 0 aliphatic carbocycles. The fourth-order valence-corrected chi connectivity index (χ4v) is 3.45. The van der Waals surface area contributed by atoms with Crippen LogP contribution in [0.1, 0.15) is 21.5 Å². The second-order valence-electron chi connectivity index (χ2n) is 7.27. The van der Waals surface area contributed by atoms with Gasteiger partial charge in [0.15, 0.2) is 0 Å². The van der Waals surface area contributed by atoms with Crippen molar-refractivity contribution in [3.05, 3.63) is 100 Å². The number of amides is 4. The number of carbonyl (C=O) groups is 4. The minimum Gasteiger partial charge on any atom is -0.488 e. The van der Waals surface area contributed by atoms with Crippen molar-refractivity contribution >= 4 is 47.2 Å². The van der Waals surface area contributed by atoms with Crippen molar-refractivity contribution < 1.29 is 29.0 Å².